The van der Waals surface area contributed by atoms with Crippen LogP contribution in [0.5, 0.6) is 0 Å². The Kier molecular flexibility index (Phi) is 4.18. The third kappa shape index (κ3) is 2.94. The molecule has 0 bridgehead atoms. The molecule has 1 aliphatic heterocycles. The number of aromatic nitrogens is 1. The maximum atomic E-state index is 10.6. The molecule has 2 heterocycles. The van der Waals surface area contributed by atoms with Crippen molar-refractivity contribution in [2.24, 2.45) is 0 Å². The molecule has 0 amide bonds. The third-order valence-electron chi connectivity index (χ3n) is 3.00. The molecule has 1 aromatic heterocycles. The van der Waals surface area contributed by atoms with Gasteiger partial charge < -0.3 is 14.7 Å². The summed E-state index contributed by atoms with van der Waals surface area (Å²) in [7, 11) is 0. The van der Waals surface area contributed by atoms with Gasteiger partial charge in [-0.05, 0) is 6.92 Å². The molecule has 8 heteroatoms. The van der Waals surface area contributed by atoms with E-state index in [2.05, 4.69) is 4.98 Å². The van der Waals surface area contributed by atoms with Crippen LogP contribution in [0, 0.1) is 10.1 Å². The molecule has 0 aliphatic carbocycles. The summed E-state index contributed by atoms with van der Waals surface area (Å²) in [6.45, 7) is 2.74. The normalized spacial score (nSPS) is 23.4. The number of hydrogen-bond donors (Lipinski definition) is 1. The van der Waals surface area contributed by atoms with Crippen molar-refractivity contribution in [3.63, 3.8) is 0 Å². The first kappa shape index (κ1) is 14.0. The monoisotopic (exact) mass is 287 g/mol. The summed E-state index contributed by atoms with van der Waals surface area (Å²) in [6.07, 6.45) is 0.876. The summed E-state index contributed by atoms with van der Waals surface area (Å²) in [5, 5.41) is 20.0. The van der Waals surface area contributed by atoms with Crippen LogP contribution in [0.1, 0.15) is 6.92 Å². The van der Waals surface area contributed by atoms with Crippen LogP contribution in [0.4, 0.5) is 11.5 Å². The van der Waals surface area contributed by atoms with E-state index in [1.54, 1.807) is 0 Å². The second-order valence-electron chi connectivity index (χ2n) is 4.40. The van der Waals surface area contributed by atoms with Crippen molar-refractivity contribution in [3.8, 4) is 0 Å². The van der Waals surface area contributed by atoms with Crippen molar-refractivity contribution in [2.75, 3.05) is 24.7 Å². The zero-order valence-corrected chi connectivity index (χ0v) is 11.1. The van der Waals surface area contributed by atoms with E-state index in [0.29, 0.717) is 19.0 Å². The van der Waals surface area contributed by atoms with Gasteiger partial charge in [0.25, 0.3) is 5.69 Å². The largest absolute Gasteiger partial charge is 0.394 e. The predicted octanol–water partition coefficient (Wildman–Crippen LogP) is 1.23. The van der Waals surface area contributed by atoms with Crippen LogP contribution in [-0.2, 0) is 4.74 Å². The number of nitro groups is 1. The van der Waals surface area contributed by atoms with Crippen molar-refractivity contribution in [3.05, 3.63) is 27.4 Å². The predicted molar refractivity (Wildman–Crippen MR) is 69.5 cm³/mol. The van der Waals surface area contributed by atoms with Crippen molar-refractivity contribution >= 4 is 23.1 Å². The topological polar surface area (TPSA) is 88.7 Å². The highest BCUT2D eigenvalue weighted by atomic mass is 35.5. The Balaban J connectivity index is 2.27. The molecule has 104 valence electrons. The molecule has 1 aromatic rings. The van der Waals surface area contributed by atoms with Crippen molar-refractivity contribution in [1.82, 2.24) is 4.98 Å². The number of aliphatic hydroxyl groups excluding tert-OH is 1. The molecule has 2 atom stereocenters. The molecule has 0 radical (unpaired) electrons. The highest BCUT2D eigenvalue weighted by molar-refractivity contribution is 6.33. The molecular formula is C11H14ClN3O4. The molecule has 19 heavy (non-hydrogen) atoms. The first-order valence-corrected chi connectivity index (χ1v) is 6.19. The quantitative estimate of drug-likeness (QED) is 0.664. The Morgan fingerprint density at radius 2 is 2.47 bits per heavy atom. The van der Waals surface area contributed by atoms with Gasteiger partial charge in [-0.15, -0.1) is 0 Å². The van der Waals surface area contributed by atoms with E-state index in [0.717, 1.165) is 0 Å². The average Bonchev–Trinajstić information content (AvgIpc) is 2.39. The van der Waals surface area contributed by atoms with Gasteiger partial charge in [-0.2, -0.15) is 0 Å². The molecule has 0 saturated carbocycles. The molecular weight excluding hydrogens is 274 g/mol. The van der Waals surface area contributed by atoms with Crippen molar-refractivity contribution in [1.29, 1.82) is 0 Å². The zero-order chi connectivity index (χ0) is 14.0. The minimum absolute atomic E-state index is 0.0363. The smallest absolute Gasteiger partial charge is 0.289 e. The van der Waals surface area contributed by atoms with Crippen LogP contribution in [0.25, 0.3) is 0 Å². The summed E-state index contributed by atoms with van der Waals surface area (Å²) in [6, 6.07) is 1.31. The van der Waals surface area contributed by atoms with E-state index in [1.165, 1.54) is 12.3 Å². The first-order valence-electron chi connectivity index (χ1n) is 5.82. The number of halogens is 1. The van der Waals surface area contributed by atoms with E-state index in [4.69, 9.17) is 21.4 Å². The Morgan fingerprint density at radius 1 is 1.74 bits per heavy atom. The first-order chi connectivity index (χ1) is 9.02. The van der Waals surface area contributed by atoms with Crippen LogP contribution >= 0.6 is 11.6 Å². The van der Waals surface area contributed by atoms with Crippen molar-refractivity contribution in [2.45, 2.75) is 19.1 Å². The van der Waals surface area contributed by atoms with E-state index in [-0.39, 0.29) is 29.5 Å². The number of pyridine rings is 1. The van der Waals surface area contributed by atoms with Gasteiger partial charge in [0.1, 0.15) is 12.0 Å². The molecule has 7 nitrogen and oxygen atoms in total. The maximum Gasteiger partial charge on any atom is 0.289 e. The lowest BCUT2D eigenvalue weighted by Crippen LogP contribution is -2.50. The van der Waals surface area contributed by atoms with E-state index in [9.17, 15) is 10.1 Å². The summed E-state index contributed by atoms with van der Waals surface area (Å²) < 4.78 is 5.42. The summed E-state index contributed by atoms with van der Waals surface area (Å²) >= 11 is 6.05. The number of anilines is 1. The van der Waals surface area contributed by atoms with Gasteiger partial charge >= 0.3 is 0 Å². The number of aliphatic hydroxyl groups is 1. The molecule has 0 aromatic carbocycles. The Hall–Kier alpha value is -1.44. The molecule has 1 aliphatic rings. The highest BCUT2D eigenvalue weighted by Crippen LogP contribution is 2.30. The molecule has 2 rings (SSSR count). The van der Waals surface area contributed by atoms with Crippen LogP contribution in [0.2, 0.25) is 5.02 Å². The zero-order valence-electron chi connectivity index (χ0n) is 10.3. The van der Waals surface area contributed by atoms with Gasteiger partial charge in [-0.25, -0.2) is 4.98 Å². The number of ether oxygens (including phenoxy) is 1. The summed E-state index contributed by atoms with van der Waals surface area (Å²) in [5.41, 5.74) is -0.145. The fraction of sp³-hybridized carbons (Fsp3) is 0.545. The molecule has 1 saturated heterocycles. The Morgan fingerprint density at radius 3 is 3.05 bits per heavy atom. The molecule has 1 fully saturated rings. The lowest BCUT2D eigenvalue weighted by Gasteiger charge is -2.38. The van der Waals surface area contributed by atoms with E-state index in [1.807, 2.05) is 11.8 Å². The lowest BCUT2D eigenvalue weighted by atomic mass is 10.2. The van der Waals surface area contributed by atoms with Crippen molar-refractivity contribution < 1.29 is 14.8 Å². The van der Waals surface area contributed by atoms with Crippen LogP contribution in [0.3, 0.4) is 0 Å². The Bertz CT molecular complexity index is 485. The fourth-order valence-corrected chi connectivity index (χ4v) is 2.22. The number of morpholine rings is 1. The van der Waals surface area contributed by atoms with Gasteiger partial charge in [0, 0.05) is 12.6 Å². The van der Waals surface area contributed by atoms with Crippen LogP contribution in [0.15, 0.2) is 12.3 Å². The fourth-order valence-electron chi connectivity index (χ4n) is 1.95. The molecule has 1 N–H and O–H groups in total. The van der Waals surface area contributed by atoms with E-state index >= 15 is 0 Å². The van der Waals surface area contributed by atoms with Gasteiger partial charge in [0.2, 0.25) is 0 Å². The number of nitrogens with zero attached hydrogens (tertiary/aromatic N) is 3. The minimum atomic E-state index is -0.540. The third-order valence-corrected chi connectivity index (χ3v) is 3.28. The highest BCUT2D eigenvalue weighted by Gasteiger charge is 2.28. The lowest BCUT2D eigenvalue weighted by molar-refractivity contribution is -0.385. The van der Waals surface area contributed by atoms with Gasteiger partial charge in [0.05, 0.1) is 35.3 Å². The summed E-state index contributed by atoms with van der Waals surface area (Å²) in [5.74, 6) is 0.474. The van der Waals surface area contributed by atoms with Crippen LogP contribution < -0.4 is 4.90 Å². The number of hydrogen-bond acceptors (Lipinski definition) is 6. The second kappa shape index (κ2) is 5.68. The van der Waals surface area contributed by atoms with Gasteiger partial charge in [-0.1, -0.05) is 11.6 Å². The van der Waals surface area contributed by atoms with Gasteiger partial charge in [0.15, 0.2) is 0 Å². The maximum absolute atomic E-state index is 10.6. The number of rotatable bonds is 3. The summed E-state index contributed by atoms with van der Waals surface area (Å²) in [4.78, 5) is 16.0. The SMILES string of the molecule is CC1COC(CO)CN1c1ncc([N+](=O)[O-])cc1Cl. The molecule has 0 spiro atoms. The second-order valence-corrected chi connectivity index (χ2v) is 4.80. The standard InChI is InChI=1S/C11H14ClN3O4/c1-7-6-19-9(5-16)4-14(7)11-10(12)2-8(3-13-11)15(17)18/h2-3,7,9,16H,4-6H2,1H3. The van der Waals surface area contributed by atoms with E-state index < -0.39 is 4.92 Å². The van der Waals surface area contributed by atoms with Gasteiger partial charge in [-0.3, -0.25) is 10.1 Å². The average molecular weight is 288 g/mol. The van der Waals surface area contributed by atoms with Crippen LogP contribution in [-0.4, -0.2) is 46.9 Å². The molecule has 2 unspecified atom stereocenters. The Labute approximate surface area is 114 Å². The minimum Gasteiger partial charge on any atom is -0.394 e.